The van der Waals surface area contributed by atoms with E-state index in [-0.39, 0.29) is 12.2 Å². The maximum Gasteiger partial charge on any atom is 0.336 e. The lowest BCUT2D eigenvalue weighted by atomic mass is 10.1. The summed E-state index contributed by atoms with van der Waals surface area (Å²) >= 11 is 3.34. The van der Waals surface area contributed by atoms with Crippen LogP contribution in [0.5, 0.6) is 5.75 Å². The van der Waals surface area contributed by atoms with Crippen molar-refractivity contribution in [2.45, 2.75) is 6.54 Å². The summed E-state index contributed by atoms with van der Waals surface area (Å²) in [4.78, 5) is 22.2. The molecular formula is C17H13BrN2O5. The Hall–Kier alpha value is -2.87. The van der Waals surface area contributed by atoms with E-state index < -0.39 is 10.5 Å². The van der Waals surface area contributed by atoms with E-state index in [0.29, 0.717) is 22.6 Å². The van der Waals surface area contributed by atoms with Gasteiger partial charge in [-0.15, -0.1) is 0 Å². The van der Waals surface area contributed by atoms with Gasteiger partial charge in [0.1, 0.15) is 11.3 Å². The molecule has 128 valence electrons. The molecule has 2 aromatic carbocycles. The normalized spacial score (nSPS) is 10.6. The number of ether oxygens (including phenoxy) is 1. The Kier molecular flexibility index (Phi) is 4.71. The molecule has 25 heavy (non-hydrogen) atoms. The van der Waals surface area contributed by atoms with Crippen LogP contribution in [0.25, 0.3) is 11.0 Å². The van der Waals surface area contributed by atoms with Gasteiger partial charge in [0.05, 0.1) is 17.7 Å². The molecule has 0 atom stereocenters. The standard InChI is InChI=1S/C17H13BrN2O5/c1-24-15-5-3-12(20(22)23)8-14(15)19-9-10-6-17(21)25-16-7-11(18)2-4-13(10)16/h2-8,19H,9H2,1H3. The van der Waals surface area contributed by atoms with Crippen LogP contribution < -0.4 is 15.7 Å². The van der Waals surface area contributed by atoms with Gasteiger partial charge in [0.15, 0.2) is 0 Å². The summed E-state index contributed by atoms with van der Waals surface area (Å²) in [5.41, 5.74) is 1.13. The third-order valence-corrected chi connectivity index (χ3v) is 4.15. The molecule has 3 aromatic rings. The summed E-state index contributed by atoms with van der Waals surface area (Å²) in [5.74, 6) is 0.473. The zero-order chi connectivity index (χ0) is 18.0. The summed E-state index contributed by atoms with van der Waals surface area (Å²) in [5, 5.41) is 14.8. The quantitative estimate of drug-likeness (QED) is 0.391. The van der Waals surface area contributed by atoms with Crippen LogP contribution in [0.15, 0.2) is 56.1 Å². The first-order chi connectivity index (χ1) is 12.0. The minimum atomic E-state index is -0.477. The number of methoxy groups -OCH3 is 1. The number of fused-ring (bicyclic) bond motifs is 1. The Balaban J connectivity index is 1.97. The van der Waals surface area contributed by atoms with Crippen LogP contribution in [0.3, 0.4) is 0 Å². The average molecular weight is 405 g/mol. The van der Waals surface area contributed by atoms with E-state index in [2.05, 4.69) is 21.2 Å². The molecule has 0 radical (unpaired) electrons. The van der Waals surface area contributed by atoms with Crippen LogP contribution in [0.4, 0.5) is 11.4 Å². The van der Waals surface area contributed by atoms with E-state index in [1.807, 2.05) is 12.1 Å². The molecule has 0 aliphatic heterocycles. The van der Waals surface area contributed by atoms with E-state index in [1.165, 1.54) is 31.4 Å². The van der Waals surface area contributed by atoms with Crippen molar-refractivity contribution < 1.29 is 14.1 Å². The highest BCUT2D eigenvalue weighted by molar-refractivity contribution is 9.10. The van der Waals surface area contributed by atoms with Crippen molar-refractivity contribution in [1.29, 1.82) is 0 Å². The Bertz CT molecular complexity index is 1020. The van der Waals surface area contributed by atoms with E-state index in [9.17, 15) is 14.9 Å². The molecule has 3 rings (SSSR count). The average Bonchev–Trinajstić information content (AvgIpc) is 2.58. The predicted molar refractivity (Wildman–Crippen MR) is 97.2 cm³/mol. The highest BCUT2D eigenvalue weighted by Gasteiger charge is 2.12. The highest BCUT2D eigenvalue weighted by Crippen LogP contribution is 2.30. The Labute approximate surface area is 150 Å². The smallest absolute Gasteiger partial charge is 0.336 e. The van der Waals surface area contributed by atoms with Crippen molar-refractivity contribution in [3.63, 3.8) is 0 Å². The number of nitrogens with one attached hydrogen (secondary N) is 1. The third kappa shape index (κ3) is 3.63. The van der Waals surface area contributed by atoms with Crippen molar-refractivity contribution in [2.75, 3.05) is 12.4 Å². The lowest BCUT2D eigenvalue weighted by Gasteiger charge is -2.12. The second-order valence-corrected chi connectivity index (χ2v) is 6.14. The van der Waals surface area contributed by atoms with Crippen molar-refractivity contribution in [3.8, 4) is 5.75 Å². The van der Waals surface area contributed by atoms with Crippen LogP contribution >= 0.6 is 15.9 Å². The SMILES string of the molecule is COc1ccc([N+](=O)[O-])cc1NCc1cc(=O)oc2cc(Br)ccc12. The second kappa shape index (κ2) is 6.94. The van der Waals surface area contributed by atoms with E-state index in [0.717, 1.165) is 9.86 Å². The van der Waals surface area contributed by atoms with E-state index in [4.69, 9.17) is 9.15 Å². The first-order valence-corrected chi connectivity index (χ1v) is 8.06. The first kappa shape index (κ1) is 17.0. The number of hydrogen-bond acceptors (Lipinski definition) is 6. The Morgan fingerprint density at radius 1 is 1.24 bits per heavy atom. The van der Waals surface area contributed by atoms with Crippen LogP contribution in [0.2, 0.25) is 0 Å². The van der Waals surface area contributed by atoms with Gasteiger partial charge in [-0.1, -0.05) is 15.9 Å². The largest absolute Gasteiger partial charge is 0.495 e. The van der Waals surface area contributed by atoms with E-state index >= 15 is 0 Å². The third-order valence-electron chi connectivity index (χ3n) is 3.66. The molecule has 7 nitrogen and oxygen atoms in total. The molecule has 0 bridgehead atoms. The van der Waals surface area contributed by atoms with Gasteiger partial charge < -0.3 is 14.5 Å². The molecule has 8 heteroatoms. The summed E-state index contributed by atoms with van der Waals surface area (Å²) in [6, 6.07) is 11.1. The molecule has 0 saturated carbocycles. The number of nitro groups is 1. The number of nitrogens with zero attached hydrogens (tertiary/aromatic N) is 1. The number of benzene rings is 2. The summed E-state index contributed by atoms with van der Waals surface area (Å²) in [7, 11) is 1.48. The minimum Gasteiger partial charge on any atom is -0.495 e. The zero-order valence-corrected chi connectivity index (χ0v) is 14.7. The Morgan fingerprint density at radius 2 is 2.04 bits per heavy atom. The molecule has 1 heterocycles. The fourth-order valence-corrected chi connectivity index (χ4v) is 2.83. The Morgan fingerprint density at radius 3 is 2.76 bits per heavy atom. The van der Waals surface area contributed by atoms with Gasteiger partial charge in [0.2, 0.25) is 0 Å². The van der Waals surface area contributed by atoms with Gasteiger partial charge in [-0.3, -0.25) is 10.1 Å². The maximum atomic E-state index is 11.8. The lowest BCUT2D eigenvalue weighted by molar-refractivity contribution is -0.384. The number of rotatable bonds is 5. The summed E-state index contributed by atoms with van der Waals surface area (Å²) in [6.45, 7) is 0.279. The van der Waals surface area contributed by atoms with Gasteiger partial charge in [0.25, 0.3) is 5.69 Å². The van der Waals surface area contributed by atoms with Gasteiger partial charge in [0, 0.05) is 34.6 Å². The van der Waals surface area contributed by atoms with Crippen LogP contribution in [-0.2, 0) is 6.54 Å². The van der Waals surface area contributed by atoms with Crippen molar-refractivity contribution in [3.05, 3.63) is 73.0 Å². The molecule has 0 aliphatic rings. The molecule has 1 N–H and O–H groups in total. The molecule has 0 unspecified atom stereocenters. The van der Waals surface area contributed by atoms with E-state index in [1.54, 1.807) is 6.07 Å². The molecule has 0 amide bonds. The number of hydrogen-bond donors (Lipinski definition) is 1. The minimum absolute atomic E-state index is 0.0512. The lowest BCUT2D eigenvalue weighted by Crippen LogP contribution is -2.07. The topological polar surface area (TPSA) is 94.6 Å². The second-order valence-electron chi connectivity index (χ2n) is 5.23. The monoisotopic (exact) mass is 404 g/mol. The van der Waals surface area contributed by atoms with Gasteiger partial charge in [-0.2, -0.15) is 0 Å². The maximum absolute atomic E-state index is 11.8. The molecular weight excluding hydrogens is 392 g/mol. The van der Waals surface area contributed by atoms with Gasteiger partial charge in [-0.05, 0) is 29.8 Å². The van der Waals surface area contributed by atoms with Crippen molar-refractivity contribution >= 4 is 38.3 Å². The van der Waals surface area contributed by atoms with Crippen LogP contribution in [0, 0.1) is 10.1 Å². The molecule has 0 aliphatic carbocycles. The summed E-state index contributed by atoms with van der Waals surface area (Å²) < 4.78 is 11.2. The number of non-ortho nitro benzene ring substituents is 1. The predicted octanol–water partition coefficient (Wildman–Crippen LogP) is 4.08. The molecule has 0 spiro atoms. The number of anilines is 1. The zero-order valence-electron chi connectivity index (χ0n) is 13.1. The fraction of sp³-hybridized carbons (Fsp3) is 0.118. The highest BCUT2D eigenvalue weighted by atomic mass is 79.9. The summed E-state index contributed by atoms with van der Waals surface area (Å²) in [6.07, 6.45) is 0. The van der Waals surface area contributed by atoms with Crippen molar-refractivity contribution in [2.24, 2.45) is 0 Å². The number of halogens is 1. The van der Waals surface area contributed by atoms with Crippen LogP contribution in [-0.4, -0.2) is 12.0 Å². The van der Waals surface area contributed by atoms with Gasteiger partial charge >= 0.3 is 5.63 Å². The number of nitro benzene ring substituents is 1. The van der Waals surface area contributed by atoms with Crippen LogP contribution in [0.1, 0.15) is 5.56 Å². The first-order valence-electron chi connectivity index (χ1n) is 7.26. The van der Waals surface area contributed by atoms with Gasteiger partial charge in [-0.25, -0.2) is 4.79 Å². The molecule has 0 fully saturated rings. The molecule has 1 aromatic heterocycles. The fourth-order valence-electron chi connectivity index (χ4n) is 2.49. The molecule has 0 saturated heterocycles. The van der Waals surface area contributed by atoms with Crippen molar-refractivity contribution in [1.82, 2.24) is 0 Å².